The van der Waals surface area contributed by atoms with Gasteiger partial charge in [-0.25, -0.2) is 0 Å². The van der Waals surface area contributed by atoms with Gasteiger partial charge in [0, 0.05) is 37.7 Å². The summed E-state index contributed by atoms with van der Waals surface area (Å²) in [6.07, 6.45) is -4.25. The molecule has 2 aromatic rings. The van der Waals surface area contributed by atoms with E-state index in [1.54, 1.807) is 0 Å². The van der Waals surface area contributed by atoms with Crippen LogP contribution in [0.25, 0.3) is 0 Å². The predicted molar refractivity (Wildman–Crippen MR) is 138 cm³/mol. The van der Waals surface area contributed by atoms with Gasteiger partial charge in [-0.05, 0) is 23.3 Å². The van der Waals surface area contributed by atoms with Gasteiger partial charge in [-0.15, -0.1) is 0 Å². The van der Waals surface area contributed by atoms with Gasteiger partial charge in [-0.1, -0.05) is 54.1 Å². The van der Waals surface area contributed by atoms with Gasteiger partial charge < -0.3 is 34.6 Å². The first-order valence-electron chi connectivity index (χ1n) is 12.7. The molecule has 4 rings (SSSR count). The van der Waals surface area contributed by atoms with Crippen LogP contribution in [0.1, 0.15) is 17.2 Å². The van der Waals surface area contributed by atoms with Crippen LogP contribution in [0.3, 0.4) is 0 Å². The van der Waals surface area contributed by atoms with E-state index >= 15 is 0 Å². The topological polar surface area (TPSA) is 115 Å². The Labute approximate surface area is 222 Å². The molecule has 37 heavy (non-hydrogen) atoms. The van der Waals surface area contributed by atoms with Crippen molar-refractivity contribution in [2.45, 2.75) is 30.1 Å². The molecule has 2 heterocycles. The van der Waals surface area contributed by atoms with E-state index in [1.165, 1.54) is 11.1 Å². The fourth-order valence-electron chi connectivity index (χ4n) is 4.90. The smallest absolute Gasteiger partial charge is 0.221 e. The molecular weight excluding hydrogens is 500 g/mol. The average molecular weight is 537 g/mol. The van der Waals surface area contributed by atoms with Crippen molar-refractivity contribution >= 4 is 11.6 Å². The van der Waals surface area contributed by atoms with Crippen molar-refractivity contribution in [1.29, 1.82) is 0 Å². The predicted octanol–water partition coefficient (Wildman–Crippen LogP) is 0.882. The van der Waals surface area contributed by atoms with E-state index in [2.05, 4.69) is 46.2 Å². The van der Waals surface area contributed by atoms with E-state index in [1.807, 2.05) is 18.2 Å². The van der Waals surface area contributed by atoms with E-state index in [-0.39, 0.29) is 25.9 Å². The number of rotatable bonds is 11. The molecule has 0 aromatic heterocycles. The summed E-state index contributed by atoms with van der Waals surface area (Å²) in [6.45, 7) is 4.39. The van der Waals surface area contributed by atoms with E-state index in [0.29, 0.717) is 6.61 Å². The van der Waals surface area contributed by atoms with Crippen molar-refractivity contribution in [2.75, 3.05) is 65.8 Å². The molecule has 204 valence electrons. The second-order valence-electron chi connectivity index (χ2n) is 9.49. The van der Waals surface area contributed by atoms with E-state index in [4.69, 9.17) is 25.8 Å². The number of nitrogens with zero attached hydrogens (tertiary/aromatic N) is 2. The molecule has 4 N–H and O–H groups in total. The zero-order valence-electron chi connectivity index (χ0n) is 20.9. The lowest BCUT2D eigenvalue weighted by molar-refractivity contribution is -0.350. The van der Waals surface area contributed by atoms with E-state index < -0.39 is 30.7 Å². The van der Waals surface area contributed by atoms with Gasteiger partial charge in [-0.3, -0.25) is 9.80 Å². The van der Waals surface area contributed by atoms with Crippen LogP contribution in [0.5, 0.6) is 0 Å². The Morgan fingerprint density at radius 2 is 1.59 bits per heavy atom. The van der Waals surface area contributed by atoms with Gasteiger partial charge in [0.05, 0.1) is 32.5 Å². The number of ether oxygens (including phenoxy) is 3. The SMILES string of the molecule is OC[C@@]1(OCCOCCN2CCN(C(c3ccccc3)c3ccc(Cl)cc3)CC2)OC[C@@H](O)[C@@H](O)[C@@H]1O. The van der Waals surface area contributed by atoms with Crippen molar-refractivity contribution in [3.63, 3.8) is 0 Å². The Balaban J connectivity index is 1.20. The first-order chi connectivity index (χ1) is 17.9. The molecule has 2 fully saturated rings. The van der Waals surface area contributed by atoms with Gasteiger partial charge in [-0.2, -0.15) is 0 Å². The standard InChI is InChI=1S/C27H37ClN2O7/c28-22-8-6-21(7-9-22)24(20-4-2-1-3-5-20)30-12-10-29(11-13-30)14-15-35-16-17-36-27(19-31)26(34)25(33)23(32)18-37-27/h1-9,23-26,31-34H,10-19H2/t23-,24?,25-,26+,27-/m1/s1. The quantitative estimate of drug-likeness (QED) is 0.311. The first kappa shape index (κ1) is 28.4. The van der Waals surface area contributed by atoms with Gasteiger partial charge in [0.25, 0.3) is 0 Å². The van der Waals surface area contributed by atoms with Crippen LogP contribution in [-0.2, 0) is 14.2 Å². The highest BCUT2D eigenvalue weighted by Gasteiger charge is 2.50. The largest absolute Gasteiger partial charge is 0.391 e. The van der Waals surface area contributed by atoms with Gasteiger partial charge in [0.2, 0.25) is 5.79 Å². The number of hydrogen-bond donors (Lipinski definition) is 4. The third kappa shape index (κ3) is 7.07. The second-order valence-corrected chi connectivity index (χ2v) is 9.92. The second kappa shape index (κ2) is 13.4. The normalized spacial score (nSPS) is 28.3. The Morgan fingerprint density at radius 1 is 0.919 bits per heavy atom. The summed E-state index contributed by atoms with van der Waals surface area (Å²) < 4.78 is 16.5. The van der Waals surface area contributed by atoms with Crippen molar-refractivity contribution in [3.05, 3.63) is 70.7 Å². The summed E-state index contributed by atoms with van der Waals surface area (Å²) >= 11 is 6.13. The fourth-order valence-corrected chi connectivity index (χ4v) is 5.03. The van der Waals surface area contributed by atoms with Crippen LogP contribution in [0.2, 0.25) is 5.02 Å². The van der Waals surface area contributed by atoms with Crippen LogP contribution in [0.4, 0.5) is 0 Å². The summed E-state index contributed by atoms with van der Waals surface area (Å²) in [5.74, 6) is -1.77. The minimum Gasteiger partial charge on any atom is -0.391 e. The van der Waals surface area contributed by atoms with Crippen LogP contribution >= 0.6 is 11.6 Å². The summed E-state index contributed by atoms with van der Waals surface area (Å²) in [7, 11) is 0. The third-order valence-corrected chi connectivity index (χ3v) is 7.34. The molecule has 2 aliphatic heterocycles. The van der Waals surface area contributed by atoms with Crippen molar-refractivity contribution in [3.8, 4) is 0 Å². The number of benzene rings is 2. The van der Waals surface area contributed by atoms with E-state index in [0.717, 1.165) is 37.7 Å². The zero-order valence-corrected chi connectivity index (χ0v) is 21.6. The van der Waals surface area contributed by atoms with Crippen LogP contribution in [0, 0.1) is 0 Å². The number of aliphatic hydroxyl groups is 4. The molecule has 0 saturated carbocycles. The molecular formula is C27H37ClN2O7. The molecule has 0 amide bonds. The monoisotopic (exact) mass is 536 g/mol. The molecule has 2 aliphatic rings. The number of piperazine rings is 1. The molecule has 0 aliphatic carbocycles. The lowest BCUT2D eigenvalue weighted by Gasteiger charge is -2.43. The summed E-state index contributed by atoms with van der Waals surface area (Å²) in [5, 5.41) is 40.0. The summed E-state index contributed by atoms with van der Waals surface area (Å²) in [6, 6.07) is 18.8. The fraction of sp³-hybridized carbons (Fsp3) is 0.556. The highest BCUT2D eigenvalue weighted by atomic mass is 35.5. The summed E-state index contributed by atoms with van der Waals surface area (Å²) in [4.78, 5) is 4.86. The molecule has 9 nitrogen and oxygen atoms in total. The van der Waals surface area contributed by atoms with Crippen LogP contribution < -0.4 is 0 Å². The van der Waals surface area contributed by atoms with Crippen LogP contribution in [0.15, 0.2) is 54.6 Å². The highest BCUT2D eigenvalue weighted by Crippen LogP contribution is 2.30. The molecule has 1 unspecified atom stereocenters. The Bertz CT molecular complexity index is 946. The highest BCUT2D eigenvalue weighted by molar-refractivity contribution is 6.30. The van der Waals surface area contributed by atoms with Gasteiger partial charge in [0.1, 0.15) is 24.9 Å². The maximum atomic E-state index is 10.2. The minimum absolute atomic E-state index is 0.0636. The summed E-state index contributed by atoms with van der Waals surface area (Å²) in [5.41, 5.74) is 2.48. The van der Waals surface area contributed by atoms with Gasteiger partial charge >= 0.3 is 0 Å². The average Bonchev–Trinajstić information content (AvgIpc) is 2.93. The maximum absolute atomic E-state index is 10.2. The van der Waals surface area contributed by atoms with Crippen molar-refractivity contribution in [1.82, 2.24) is 9.80 Å². The molecule has 2 aromatic carbocycles. The molecule has 2 saturated heterocycles. The minimum atomic E-state index is -1.77. The van der Waals surface area contributed by atoms with Crippen molar-refractivity contribution in [2.24, 2.45) is 0 Å². The Morgan fingerprint density at radius 3 is 2.27 bits per heavy atom. The van der Waals surface area contributed by atoms with Crippen molar-refractivity contribution < 1.29 is 34.6 Å². The number of hydrogen-bond acceptors (Lipinski definition) is 9. The first-order valence-corrected chi connectivity index (χ1v) is 13.1. The Kier molecular flexibility index (Phi) is 10.3. The third-order valence-electron chi connectivity index (χ3n) is 7.09. The Hall–Kier alpha value is -1.63. The number of halogens is 1. The zero-order chi connectivity index (χ0) is 26.3. The lowest BCUT2D eigenvalue weighted by atomic mass is 9.96. The molecule has 0 bridgehead atoms. The number of aliphatic hydroxyl groups excluding tert-OH is 4. The van der Waals surface area contributed by atoms with E-state index in [9.17, 15) is 20.4 Å². The maximum Gasteiger partial charge on any atom is 0.221 e. The molecule has 0 spiro atoms. The molecule has 0 radical (unpaired) electrons. The molecule has 10 heteroatoms. The lowest BCUT2D eigenvalue weighted by Crippen LogP contribution is -2.64. The molecule has 5 atom stereocenters. The van der Waals surface area contributed by atoms with Gasteiger partial charge in [0.15, 0.2) is 0 Å². The van der Waals surface area contributed by atoms with Crippen LogP contribution in [-0.4, -0.2) is 120 Å².